The molecule has 6 aromatic carbocycles. The van der Waals surface area contributed by atoms with Crippen molar-refractivity contribution < 1.29 is 9.59 Å². The first-order chi connectivity index (χ1) is 33.1. The molecule has 13 rings (SSSR count). The molecule has 0 spiro atoms. The molecule has 0 unspecified atom stereocenters. The van der Waals surface area contributed by atoms with Gasteiger partial charge in [-0.05, 0) is 76.9 Å². The maximum absolute atomic E-state index is 14.3. The fourth-order valence-electron chi connectivity index (χ4n) is 9.88. The number of nitrogens with one attached hydrogen (secondary N) is 3. The molecule has 0 fully saturated rings. The van der Waals surface area contributed by atoms with Gasteiger partial charge in [0.05, 0.1) is 39.4 Å². The van der Waals surface area contributed by atoms with Crippen molar-refractivity contribution in [3.8, 4) is 44.5 Å². The zero-order chi connectivity index (χ0) is 44.6. The second-order valence-electron chi connectivity index (χ2n) is 16.8. The highest BCUT2D eigenvalue weighted by atomic mass is 16.1. The van der Waals surface area contributed by atoms with Crippen LogP contribution in [0.5, 0.6) is 0 Å². The lowest BCUT2D eigenvalue weighted by atomic mass is 9.83. The molecule has 1 aliphatic carbocycles. The molecule has 8 bridgehead atoms. The third kappa shape index (κ3) is 6.19. The number of imidazole rings is 1. The van der Waals surface area contributed by atoms with Gasteiger partial charge in [-0.25, -0.2) is 15.0 Å². The minimum atomic E-state index is -0.217. The lowest BCUT2D eigenvalue weighted by Gasteiger charge is -2.17. The molecule has 8 nitrogen and oxygen atoms in total. The number of aromatic amines is 3. The third-order valence-corrected chi connectivity index (χ3v) is 12.9. The molecule has 8 heteroatoms. The largest absolute Gasteiger partial charge is 0.354 e. The molecule has 10 aromatic rings. The number of carbonyl (C=O) groups excluding carboxylic acids is 2. The van der Waals surface area contributed by atoms with E-state index in [0.29, 0.717) is 50.5 Å². The third-order valence-electron chi connectivity index (χ3n) is 12.9. The Bertz CT molecular complexity index is 3940. The summed E-state index contributed by atoms with van der Waals surface area (Å²) in [6.07, 6.45) is 6.30. The number of carbonyl (C=O) groups is 2. The van der Waals surface area contributed by atoms with Crippen LogP contribution in [0, 0.1) is 0 Å². The van der Waals surface area contributed by atoms with Crippen LogP contribution in [0.15, 0.2) is 182 Å². The van der Waals surface area contributed by atoms with E-state index >= 15 is 0 Å². The quantitative estimate of drug-likeness (QED) is 0.159. The Kier molecular flexibility index (Phi) is 8.66. The summed E-state index contributed by atoms with van der Waals surface area (Å²) in [5.41, 5.74) is 17.4. The number of rotatable bonds is 5. The first-order valence-corrected chi connectivity index (χ1v) is 22.2. The van der Waals surface area contributed by atoms with Crippen molar-refractivity contribution in [3.63, 3.8) is 0 Å². The highest BCUT2D eigenvalue weighted by molar-refractivity contribution is 6.31. The maximum Gasteiger partial charge on any atom is 0.196 e. The molecule has 314 valence electrons. The highest BCUT2D eigenvalue weighted by Gasteiger charge is 2.33. The summed E-state index contributed by atoms with van der Waals surface area (Å²) in [6, 6.07) is 60.3. The average molecular weight is 861 g/mol. The second kappa shape index (κ2) is 15.2. The van der Waals surface area contributed by atoms with Gasteiger partial charge in [-0.15, -0.1) is 0 Å². The van der Waals surface area contributed by atoms with Crippen LogP contribution in [0.3, 0.4) is 0 Å². The molecule has 4 aromatic heterocycles. The molecule has 0 radical (unpaired) electrons. The number of nitrogens with zero attached hydrogens (tertiary/aromatic N) is 3. The molecular formula is C59H36N6O2. The van der Waals surface area contributed by atoms with Crippen molar-refractivity contribution in [1.82, 2.24) is 29.9 Å². The van der Waals surface area contributed by atoms with Crippen LogP contribution >= 0.6 is 0 Å². The Morgan fingerprint density at radius 3 is 1.31 bits per heavy atom. The van der Waals surface area contributed by atoms with Crippen molar-refractivity contribution in [2.45, 2.75) is 0 Å². The van der Waals surface area contributed by atoms with Crippen LogP contribution in [0.25, 0.3) is 101 Å². The topological polar surface area (TPSA) is 120 Å². The normalized spacial score (nSPS) is 12.9. The molecule has 3 aliphatic rings. The van der Waals surface area contributed by atoms with Crippen molar-refractivity contribution in [2.75, 3.05) is 0 Å². The van der Waals surface area contributed by atoms with Crippen LogP contribution < -0.4 is 0 Å². The smallest absolute Gasteiger partial charge is 0.196 e. The zero-order valence-electron chi connectivity index (χ0n) is 35.7. The first-order valence-electron chi connectivity index (χ1n) is 22.2. The van der Waals surface area contributed by atoms with E-state index in [0.717, 1.165) is 83.5 Å². The van der Waals surface area contributed by atoms with Crippen LogP contribution in [-0.2, 0) is 0 Å². The van der Waals surface area contributed by atoms with E-state index in [4.69, 9.17) is 15.0 Å². The van der Waals surface area contributed by atoms with Gasteiger partial charge in [-0.3, -0.25) is 9.59 Å². The predicted molar refractivity (Wildman–Crippen MR) is 268 cm³/mol. The highest BCUT2D eigenvalue weighted by Crippen LogP contribution is 2.43. The van der Waals surface area contributed by atoms with Crippen molar-refractivity contribution in [1.29, 1.82) is 0 Å². The predicted octanol–water partition coefficient (Wildman–Crippen LogP) is 13.4. The van der Waals surface area contributed by atoms with Gasteiger partial charge >= 0.3 is 0 Å². The number of fused-ring (bicyclic) bond motifs is 12. The SMILES string of the molecule is O=C1c2ccccc2C(=O)c2c1ccc1nc(C3=Cc4nc3c(-c3ccccc3)c3ccc([nH]3)c(-c3ccccc3)c3nc(c(-c5ccccc5)c5ccc([nH]5)c4-c4ccccc4)C=C3)[nH]c21. The van der Waals surface area contributed by atoms with Crippen molar-refractivity contribution in [2.24, 2.45) is 0 Å². The zero-order valence-corrected chi connectivity index (χ0v) is 35.7. The molecule has 67 heavy (non-hydrogen) atoms. The number of ketones is 2. The molecule has 0 saturated heterocycles. The van der Waals surface area contributed by atoms with E-state index in [1.807, 2.05) is 66.7 Å². The van der Waals surface area contributed by atoms with Crippen LogP contribution in [0.1, 0.15) is 60.4 Å². The van der Waals surface area contributed by atoms with Crippen LogP contribution in [-0.4, -0.2) is 41.5 Å². The Labute approximate surface area is 383 Å². The van der Waals surface area contributed by atoms with Gasteiger partial charge in [0.2, 0.25) is 0 Å². The summed E-state index contributed by atoms with van der Waals surface area (Å²) in [5.74, 6) is 0.108. The number of aromatic nitrogens is 6. The van der Waals surface area contributed by atoms with E-state index in [-0.39, 0.29) is 11.6 Å². The van der Waals surface area contributed by atoms with Gasteiger partial charge in [0.15, 0.2) is 11.6 Å². The molecule has 3 N–H and O–H groups in total. The van der Waals surface area contributed by atoms with E-state index < -0.39 is 0 Å². The molecular weight excluding hydrogens is 825 g/mol. The van der Waals surface area contributed by atoms with E-state index in [1.54, 1.807) is 30.3 Å². The number of H-pyrrole nitrogens is 3. The average Bonchev–Trinajstić information content (AvgIpc) is 4.25. The first kappa shape index (κ1) is 38.2. The molecule has 0 atom stereocenters. The van der Waals surface area contributed by atoms with Crippen molar-refractivity contribution >= 4 is 68.5 Å². The standard InChI is InChI=1S/C59H36N6O2/c66-57-38-23-13-14-24-39(38)58(67)54-40(57)25-26-48-56(54)65-59(64-48)41-33-49-52(36-19-9-3-10-20-36)46-30-29-44(61-46)50(34-15-5-1-6-16-34)42-27-28-43(60-42)51(35-17-7-2-8-18-35)45-31-32-47(62-45)53(55(41)63-49)37-21-11-4-12-22-37/h1-33,61-62H,(H,64,65). The Balaban J connectivity index is 1.18. The monoisotopic (exact) mass is 860 g/mol. The lowest BCUT2D eigenvalue weighted by Crippen LogP contribution is -2.21. The van der Waals surface area contributed by atoms with Crippen LogP contribution in [0.4, 0.5) is 0 Å². The van der Waals surface area contributed by atoms with E-state index in [9.17, 15) is 9.59 Å². The molecule has 0 saturated carbocycles. The Morgan fingerprint density at radius 2 is 0.791 bits per heavy atom. The van der Waals surface area contributed by atoms with Gasteiger partial charge in [0.25, 0.3) is 0 Å². The fourth-order valence-corrected chi connectivity index (χ4v) is 9.88. The number of benzene rings is 6. The van der Waals surface area contributed by atoms with E-state index in [1.165, 1.54) is 0 Å². The van der Waals surface area contributed by atoms with Gasteiger partial charge < -0.3 is 15.0 Å². The fraction of sp³-hybridized carbons (Fsp3) is 0. The number of hydrogen-bond acceptors (Lipinski definition) is 5. The summed E-state index contributed by atoms with van der Waals surface area (Å²) in [6.45, 7) is 0. The summed E-state index contributed by atoms with van der Waals surface area (Å²) in [7, 11) is 0. The lowest BCUT2D eigenvalue weighted by molar-refractivity contribution is 0.0980. The number of hydrogen-bond donors (Lipinski definition) is 3. The van der Waals surface area contributed by atoms with Crippen LogP contribution in [0.2, 0.25) is 0 Å². The molecule has 0 amide bonds. The van der Waals surface area contributed by atoms with Gasteiger partial charge in [-0.1, -0.05) is 146 Å². The second-order valence-corrected chi connectivity index (χ2v) is 16.8. The summed E-state index contributed by atoms with van der Waals surface area (Å²) in [5, 5.41) is 0. The maximum atomic E-state index is 14.3. The minimum Gasteiger partial charge on any atom is -0.354 e. The van der Waals surface area contributed by atoms with Gasteiger partial charge in [0.1, 0.15) is 5.82 Å². The van der Waals surface area contributed by atoms with Gasteiger partial charge in [0, 0.05) is 66.6 Å². The summed E-state index contributed by atoms with van der Waals surface area (Å²) >= 11 is 0. The minimum absolute atomic E-state index is 0.188. The van der Waals surface area contributed by atoms with Crippen molar-refractivity contribution in [3.05, 3.63) is 233 Å². The summed E-state index contributed by atoms with van der Waals surface area (Å²) in [4.78, 5) is 55.7. The molecule has 2 aliphatic heterocycles. The summed E-state index contributed by atoms with van der Waals surface area (Å²) < 4.78 is 0. The van der Waals surface area contributed by atoms with E-state index in [2.05, 4.69) is 118 Å². The Hall–Kier alpha value is -9.27. The Morgan fingerprint density at radius 1 is 0.343 bits per heavy atom. The van der Waals surface area contributed by atoms with Gasteiger partial charge in [-0.2, -0.15) is 0 Å². The molecule has 6 heterocycles.